The summed E-state index contributed by atoms with van der Waals surface area (Å²) >= 11 is 6.20. The zero-order valence-electron chi connectivity index (χ0n) is 12.6. The van der Waals surface area contributed by atoms with Crippen LogP contribution in [0.15, 0.2) is 24.3 Å². The molecule has 0 aliphatic heterocycles. The number of H-pyrrole nitrogens is 1. The fourth-order valence-electron chi connectivity index (χ4n) is 3.88. The van der Waals surface area contributed by atoms with Gasteiger partial charge in [0.25, 0.3) is 5.91 Å². The van der Waals surface area contributed by atoms with Crippen molar-refractivity contribution in [1.82, 2.24) is 9.88 Å². The topological polar surface area (TPSA) is 45.3 Å². The molecule has 1 aromatic heterocycles. The Morgan fingerprint density at radius 1 is 1.45 bits per heavy atom. The number of methoxy groups -OCH3 is 1. The Balaban J connectivity index is 1.65. The quantitative estimate of drug-likeness (QED) is 0.917. The lowest BCUT2D eigenvalue weighted by molar-refractivity contribution is -0.127. The van der Waals surface area contributed by atoms with Crippen LogP contribution in [0.2, 0.25) is 5.02 Å². The van der Waals surface area contributed by atoms with Gasteiger partial charge in [0.15, 0.2) is 0 Å². The molecule has 3 aliphatic rings. The number of hydrogen-bond acceptors (Lipinski definition) is 2. The van der Waals surface area contributed by atoms with Gasteiger partial charge in [-0.25, -0.2) is 0 Å². The van der Waals surface area contributed by atoms with Crippen LogP contribution < -0.4 is 0 Å². The standard InChI is InChI=1S/C17H19ClN2O2/c1-22-6-5-20(17-8-11(9-17)10-17)16(21)14-7-12-3-2-4-13(18)15(12)19-14/h2-4,7,11,19H,5-6,8-10H2,1H3. The number of amides is 1. The molecule has 2 bridgehead atoms. The van der Waals surface area contributed by atoms with Crippen molar-refractivity contribution in [2.45, 2.75) is 24.8 Å². The van der Waals surface area contributed by atoms with Gasteiger partial charge in [0.1, 0.15) is 5.69 Å². The molecule has 3 fully saturated rings. The van der Waals surface area contributed by atoms with Crippen molar-refractivity contribution in [3.8, 4) is 0 Å². The first-order valence-electron chi connectivity index (χ1n) is 7.71. The highest BCUT2D eigenvalue weighted by molar-refractivity contribution is 6.35. The van der Waals surface area contributed by atoms with Gasteiger partial charge in [0, 0.05) is 24.6 Å². The number of ether oxygens (including phenoxy) is 1. The van der Waals surface area contributed by atoms with Crippen molar-refractivity contribution in [3.63, 3.8) is 0 Å². The summed E-state index contributed by atoms with van der Waals surface area (Å²) in [6.07, 6.45) is 3.43. The predicted octanol–water partition coefficient (Wildman–Crippen LogP) is 3.46. The van der Waals surface area contributed by atoms with E-state index < -0.39 is 0 Å². The van der Waals surface area contributed by atoms with Crippen LogP contribution in [0.5, 0.6) is 0 Å². The fraction of sp³-hybridized carbons (Fsp3) is 0.471. The molecule has 5 heteroatoms. The third kappa shape index (κ3) is 1.97. The van der Waals surface area contributed by atoms with Crippen molar-refractivity contribution in [1.29, 1.82) is 0 Å². The average molecular weight is 319 g/mol. The normalized spacial score (nSPS) is 25.6. The van der Waals surface area contributed by atoms with Gasteiger partial charge in [-0.15, -0.1) is 0 Å². The molecule has 1 heterocycles. The molecule has 1 amide bonds. The van der Waals surface area contributed by atoms with E-state index in [4.69, 9.17) is 16.3 Å². The van der Waals surface area contributed by atoms with Crippen LogP contribution in [0.3, 0.4) is 0 Å². The Morgan fingerprint density at radius 3 is 2.82 bits per heavy atom. The number of rotatable bonds is 5. The number of halogens is 1. The molecule has 0 spiro atoms. The zero-order chi connectivity index (χ0) is 15.3. The van der Waals surface area contributed by atoms with Gasteiger partial charge < -0.3 is 14.6 Å². The molecule has 2 aromatic rings. The number of fused-ring (bicyclic) bond motifs is 1. The number of aromatic amines is 1. The number of para-hydroxylation sites is 1. The van der Waals surface area contributed by atoms with E-state index in [9.17, 15) is 4.79 Å². The molecule has 0 unspecified atom stereocenters. The van der Waals surface area contributed by atoms with Crippen molar-refractivity contribution >= 4 is 28.4 Å². The molecular formula is C17H19ClN2O2. The van der Waals surface area contributed by atoms with Crippen LogP contribution in [-0.2, 0) is 4.74 Å². The van der Waals surface area contributed by atoms with Crippen LogP contribution in [0.25, 0.3) is 10.9 Å². The summed E-state index contributed by atoms with van der Waals surface area (Å²) in [5.41, 5.74) is 1.53. The van der Waals surface area contributed by atoms with Crippen LogP contribution >= 0.6 is 11.6 Å². The van der Waals surface area contributed by atoms with E-state index in [2.05, 4.69) is 4.98 Å². The summed E-state index contributed by atoms with van der Waals surface area (Å²) in [7, 11) is 1.67. The SMILES string of the molecule is COCCN(C(=O)c1cc2cccc(Cl)c2[nH]1)C12CC(C1)C2. The highest BCUT2D eigenvalue weighted by Crippen LogP contribution is 2.60. The summed E-state index contributed by atoms with van der Waals surface area (Å²) < 4.78 is 5.19. The summed E-state index contributed by atoms with van der Waals surface area (Å²) in [6, 6.07) is 7.60. The van der Waals surface area contributed by atoms with E-state index in [0.717, 1.165) is 36.1 Å². The number of nitrogens with zero attached hydrogens (tertiary/aromatic N) is 1. The number of benzene rings is 1. The van der Waals surface area contributed by atoms with Gasteiger partial charge in [-0.05, 0) is 37.3 Å². The Bertz CT molecular complexity index is 722. The highest BCUT2D eigenvalue weighted by atomic mass is 35.5. The third-order valence-electron chi connectivity index (χ3n) is 5.18. The second-order valence-corrected chi connectivity index (χ2v) is 6.95. The molecule has 116 valence electrons. The lowest BCUT2D eigenvalue weighted by Gasteiger charge is -2.66. The van der Waals surface area contributed by atoms with E-state index >= 15 is 0 Å². The third-order valence-corrected chi connectivity index (χ3v) is 5.49. The zero-order valence-corrected chi connectivity index (χ0v) is 13.3. The first kappa shape index (κ1) is 14.1. The summed E-state index contributed by atoms with van der Waals surface area (Å²) in [6.45, 7) is 1.21. The number of nitrogens with one attached hydrogen (secondary N) is 1. The molecule has 1 aromatic carbocycles. The molecule has 0 atom stereocenters. The Labute approximate surface area is 134 Å². The van der Waals surface area contributed by atoms with Crippen LogP contribution in [0.1, 0.15) is 29.8 Å². The minimum atomic E-state index is 0.0578. The first-order valence-corrected chi connectivity index (χ1v) is 8.09. The maximum atomic E-state index is 13.0. The van der Waals surface area contributed by atoms with E-state index in [-0.39, 0.29) is 11.4 Å². The molecular weight excluding hydrogens is 300 g/mol. The summed E-state index contributed by atoms with van der Waals surface area (Å²) in [4.78, 5) is 18.2. The minimum absolute atomic E-state index is 0.0578. The van der Waals surface area contributed by atoms with Crippen LogP contribution in [0.4, 0.5) is 0 Å². The summed E-state index contributed by atoms with van der Waals surface area (Å²) in [5.74, 6) is 0.887. The average Bonchev–Trinajstić information content (AvgIpc) is 2.84. The maximum Gasteiger partial charge on any atom is 0.270 e. The van der Waals surface area contributed by atoms with Gasteiger partial charge in [-0.2, -0.15) is 0 Å². The molecule has 4 nitrogen and oxygen atoms in total. The molecule has 3 aliphatic carbocycles. The molecule has 5 rings (SSSR count). The predicted molar refractivity (Wildman–Crippen MR) is 86.3 cm³/mol. The van der Waals surface area contributed by atoms with Gasteiger partial charge in [-0.1, -0.05) is 23.7 Å². The number of hydrogen-bond donors (Lipinski definition) is 1. The lowest BCUT2D eigenvalue weighted by atomic mass is 9.49. The molecule has 22 heavy (non-hydrogen) atoms. The number of carbonyl (C=O) groups is 1. The Morgan fingerprint density at radius 2 is 2.23 bits per heavy atom. The Kier molecular flexibility index (Phi) is 3.20. The smallest absolute Gasteiger partial charge is 0.270 e. The number of carbonyl (C=O) groups excluding carboxylic acids is 1. The fourth-order valence-corrected chi connectivity index (χ4v) is 4.11. The summed E-state index contributed by atoms with van der Waals surface area (Å²) in [5, 5.41) is 1.62. The van der Waals surface area contributed by atoms with E-state index in [1.54, 1.807) is 7.11 Å². The van der Waals surface area contributed by atoms with Gasteiger partial charge in [-0.3, -0.25) is 4.79 Å². The van der Waals surface area contributed by atoms with Crippen molar-refractivity contribution in [2.75, 3.05) is 20.3 Å². The molecule has 3 saturated carbocycles. The van der Waals surface area contributed by atoms with Crippen LogP contribution in [0, 0.1) is 5.92 Å². The Hall–Kier alpha value is -1.52. The lowest BCUT2D eigenvalue weighted by Crippen LogP contribution is -2.69. The second kappa shape index (κ2) is 5.00. The highest BCUT2D eigenvalue weighted by Gasteiger charge is 2.61. The largest absolute Gasteiger partial charge is 0.383 e. The minimum Gasteiger partial charge on any atom is -0.383 e. The van der Waals surface area contributed by atoms with E-state index in [1.165, 1.54) is 0 Å². The van der Waals surface area contributed by atoms with Crippen LogP contribution in [-0.4, -0.2) is 41.6 Å². The molecule has 0 radical (unpaired) electrons. The van der Waals surface area contributed by atoms with E-state index in [1.807, 2.05) is 29.2 Å². The van der Waals surface area contributed by atoms with Crippen molar-refractivity contribution in [2.24, 2.45) is 5.92 Å². The maximum absolute atomic E-state index is 13.0. The van der Waals surface area contributed by atoms with E-state index in [0.29, 0.717) is 23.9 Å². The van der Waals surface area contributed by atoms with Crippen molar-refractivity contribution < 1.29 is 9.53 Å². The number of aromatic nitrogens is 1. The first-order chi connectivity index (χ1) is 10.6. The monoisotopic (exact) mass is 318 g/mol. The van der Waals surface area contributed by atoms with Crippen molar-refractivity contribution in [3.05, 3.63) is 35.0 Å². The second-order valence-electron chi connectivity index (χ2n) is 6.54. The molecule has 1 N–H and O–H groups in total. The van der Waals surface area contributed by atoms with Gasteiger partial charge in [0.05, 0.1) is 17.1 Å². The van der Waals surface area contributed by atoms with Gasteiger partial charge in [0.2, 0.25) is 0 Å². The van der Waals surface area contributed by atoms with Gasteiger partial charge >= 0.3 is 0 Å². The molecule has 0 saturated heterocycles.